The van der Waals surface area contributed by atoms with E-state index in [1.807, 2.05) is 24.3 Å². The van der Waals surface area contributed by atoms with Crippen molar-refractivity contribution < 1.29 is 9.53 Å². The third-order valence-electron chi connectivity index (χ3n) is 2.97. The van der Waals surface area contributed by atoms with Crippen LogP contribution >= 0.6 is 38.5 Å². The highest BCUT2D eigenvalue weighted by Crippen LogP contribution is 2.28. The molecule has 0 aliphatic heterocycles. The van der Waals surface area contributed by atoms with E-state index in [0.717, 1.165) is 22.8 Å². The molecule has 0 amide bonds. The summed E-state index contributed by atoms with van der Waals surface area (Å²) in [7, 11) is 0. The molecular formula is C13H14BrIO2. The summed E-state index contributed by atoms with van der Waals surface area (Å²) in [6, 6.07) is 7.53. The Bertz CT molecular complexity index is 408. The van der Waals surface area contributed by atoms with Crippen LogP contribution in [0.3, 0.4) is 0 Å². The smallest absolute Gasteiger partial charge is 0.339 e. The van der Waals surface area contributed by atoms with Crippen LogP contribution in [0, 0.1) is 3.57 Å². The van der Waals surface area contributed by atoms with Gasteiger partial charge in [-0.1, -0.05) is 34.5 Å². The van der Waals surface area contributed by atoms with Crippen LogP contribution in [0.5, 0.6) is 0 Å². The van der Waals surface area contributed by atoms with Gasteiger partial charge in [-0.25, -0.2) is 4.79 Å². The second-order valence-corrected chi connectivity index (χ2v) is 6.56. The van der Waals surface area contributed by atoms with Crippen molar-refractivity contribution in [3.63, 3.8) is 0 Å². The van der Waals surface area contributed by atoms with Gasteiger partial charge in [-0.3, -0.25) is 0 Å². The van der Waals surface area contributed by atoms with Gasteiger partial charge < -0.3 is 4.74 Å². The van der Waals surface area contributed by atoms with Crippen LogP contribution < -0.4 is 0 Å². The number of carbonyl (C=O) groups excluding carboxylic acids is 1. The Labute approximate surface area is 123 Å². The van der Waals surface area contributed by atoms with E-state index in [-0.39, 0.29) is 12.1 Å². The molecule has 1 saturated carbocycles. The van der Waals surface area contributed by atoms with E-state index in [1.165, 1.54) is 6.42 Å². The zero-order valence-electron chi connectivity index (χ0n) is 9.36. The first-order valence-electron chi connectivity index (χ1n) is 5.78. The molecule has 2 unspecified atom stereocenters. The zero-order chi connectivity index (χ0) is 12.3. The third-order valence-corrected chi connectivity index (χ3v) is 4.96. The summed E-state index contributed by atoms with van der Waals surface area (Å²) >= 11 is 5.76. The average Bonchev–Trinajstić information content (AvgIpc) is 2.32. The average molecular weight is 409 g/mol. The fourth-order valence-electron chi connectivity index (χ4n) is 2.01. The van der Waals surface area contributed by atoms with E-state index in [1.54, 1.807) is 0 Å². The number of ether oxygens (including phenoxy) is 1. The van der Waals surface area contributed by atoms with Crippen LogP contribution in [0.15, 0.2) is 24.3 Å². The number of hydrogen-bond donors (Lipinski definition) is 0. The molecule has 0 bridgehead atoms. The van der Waals surface area contributed by atoms with Crippen LogP contribution in [-0.4, -0.2) is 16.9 Å². The predicted octanol–water partition coefficient (Wildman–Crippen LogP) is 4.15. The summed E-state index contributed by atoms with van der Waals surface area (Å²) in [4.78, 5) is 12.3. The monoisotopic (exact) mass is 408 g/mol. The second-order valence-electron chi connectivity index (χ2n) is 4.22. The van der Waals surface area contributed by atoms with Crippen molar-refractivity contribution in [2.45, 2.75) is 36.6 Å². The van der Waals surface area contributed by atoms with Crippen molar-refractivity contribution in [3.05, 3.63) is 33.4 Å². The predicted molar refractivity (Wildman–Crippen MR) is 79.5 cm³/mol. The largest absolute Gasteiger partial charge is 0.458 e. The highest BCUT2D eigenvalue weighted by Gasteiger charge is 2.27. The van der Waals surface area contributed by atoms with Gasteiger partial charge in [0.05, 0.1) is 10.4 Å². The third kappa shape index (κ3) is 3.44. The van der Waals surface area contributed by atoms with Crippen LogP contribution in [0.1, 0.15) is 36.0 Å². The Morgan fingerprint density at radius 3 is 2.71 bits per heavy atom. The van der Waals surface area contributed by atoms with Crippen molar-refractivity contribution in [2.75, 3.05) is 0 Å². The molecule has 92 valence electrons. The summed E-state index contributed by atoms with van der Waals surface area (Å²) in [5, 5.41) is 0. The first-order chi connectivity index (χ1) is 8.18. The molecule has 0 spiro atoms. The lowest BCUT2D eigenvalue weighted by molar-refractivity contribution is 0.0234. The summed E-state index contributed by atoms with van der Waals surface area (Å²) in [5.74, 6) is -0.202. The number of benzene rings is 1. The maximum atomic E-state index is 12.0. The zero-order valence-corrected chi connectivity index (χ0v) is 13.1. The first kappa shape index (κ1) is 13.3. The molecule has 0 heterocycles. The van der Waals surface area contributed by atoms with E-state index in [2.05, 4.69) is 38.5 Å². The Kier molecular flexibility index (Phi) is 4.85. The van der Waals surface area contributed by atoms with Gasteiger partial charge in [0.15, 0.2) is 0 Å². The van der Waals surface area contributed by atoms with Gasteiger partial charge in [0.25, 0.3) is 0 Å². The molecule has 2 atom stereocenters. The van der Waals surface area contributed by atoms with Crippen molar-refractivity contribution in [3.8, 4) is 0 Å². The molecule has 4 heteroatoms. The molecule has 1 aromatic rings. The molecule has 1 fully saturated rings. The van der Waals surface area contributed by atoms with Crippen LogP contribution in [-0.2, 0) is 4.74 Å². The molecular weight excluding hydrogens is 395 g/mol. The fraction of sp³-hybridized carbons (Fsp3) is 0.462. The van der Waals surface area contributed by atoms with Gasteiger partial charge in [-0.05, 0) is 54.0 Å². The number of alkyl halides is 1. The molecule has 0 radical (unpaired) electrons. The number of hydrogen-bond acceptors (Lipinski definition) is 2. The van der Waals surface area contributed by atoms with Gasteiger partial charge >= 0.3 is 5.97 Å². The topological polar surface area (TPSA) is 26.3 Å². The standard InChI is InChI=1S/C13H14BrIO2/c14-10-6-2-4-8-12(10)17-13(16)9-5-1-3-7-11(9)15/h1,3,5,7,10,12H,2,4,6,8H2. The summed E-state index contributed by atoms with van der Waals surface area (Å²) in [6.07, 6.45) is 4.43. The number of rotatable bonds is 2. The summed E-state index contributed by atoms with van der Waals surface area (Å²) < 4.78 is 6.52. The molecule has 17 heavy (non-hydrogen) atoms. The van der Waals surface area contributed by atoms with Crippen LogP contribution in [0.4, 0.5) is 0 Å². The molecule has 1 aliphatic rings. The molecule has 2 nitrogen and oxygen atoms in total. The minimum Gasteiger partial charge on any atom is -0.458 e. The Morgan fingerprint density at radius 2 is 2.00 bits per heavy atom. The lowest BCUT2D eigenvalue weighted by Crippen LogP contribution is -2.30. The lowest BCUT2D eigenvalue weighted by atomic mass is 9.97. The molecule has 0 N–H and O–H groups in total. The Morgan fingerprint density at radius 1 is 1.29 bits per heavy atom. The van der Waals surface area contributed by atoms with E-state index in [4.69, 9.17) is 4.74 Å². The number of esters is 1. The molecule has 1 aliphatic carbocycles. The van der Waals surface area contributed by atoms with Gasteiger partial charge in [0.2, 0.25) is 0 Å². The molecule has 1 aromatic carbocycles. The Hall–Kier alpha value is -0.100. The minimum atomic E-state index is -0.202. The number of halogens is 2. The first-order valence-corrected chi connectivity index (χ1v) is 7.77. The van der Waals surface area contributed by atoms with Crippen molar-refractivity contribution in [1.29, 1.82) is 0 Å². The number of carbonyl (C=O) groups is 1. The van der Waals surface area contributed by atoms with Crippen molar-refractivity contribution in [1.82, 2.24) is 0 Å². The Balaban J connectivity index is 2.04. The molecule has 0 aromatic heterocycles. The van der Waals surface area contributed by atoms with Gasteiger partial charge in [-0.2, -0.15) is 0 Å². The highest BCUT2D eigenvalue weighted by atomic mass is 127. The highest BCUT2D eigenvalue weighted by molar-refractivity contribution is 14.1. The van der Waals surface area contributed by atoms with Gasteiger partial charge in [0, 0.05) is 3.57 Å². The van der Waals surface area contributed by atoms with Crippen molar-refractivity contribution in [2.24, 2.45) is 0 Å². The van der Waals surface area contributed by atoms with Gasteiger partial charge in [0.1, 0.15) is 6.10 Å². The molecule has 0 saturated heterocycles. The summed E-state index contributed by atoms with van der Waals surface area (Å²) in [5.41, 5.74) is 0.665. The van der Waals surface area contributed by atoms with Crippen molar-refractivity contribution >= 4 is 44.5 Å². The van der Waals surface area contributed by atoms with E-state index in [9.17, 15) is 4.79 Å². The van der Waals surface area contributed by atoms with Crippen LogP contribution in [0.25, 0.3) is 0 Å². The summed E-state index contributed by atoms with van der Waals surface area (Å²) in [6.45, 7) is 0. The maximum absolute atomic E-state index is 12.0. The SMILES string of the molecule is O=C(OC1CCCCC1Br)c1ccccc1I. The normalized spacial score (nSPS) is 24.4. The quantitative estimate of drug-likeness (QED) is 0.417. The second kappa shape index (κ2) is 6.18. The minimum absolute atomic E-state index is 0.0206. The van der Waals surface area contributed by atoms with Crippen LogP contribution in [0.2, 0.25) is 0 Å². The maximum Gasteiger partial charge on any atom is 0.339 e. The van der Waals surface area contributed by atoms with E-state index >= 15 is 0 Å². The lowest BCUT2D eigenvalue weighted by Gasteiger charge is -2.27. The fourth-order valence-corrected chi connectivity index (χ4v) is 3.32. The van der Waals surface area contributed by atoms with Gasteiger partial charge in [-0.15, -0.1) is 0 Å². The van der Waals surface area contributed by atoms with E-state index < -0.39 is 0 Å². The molecule has 2 rings (SSSR count). The van der Waals surface area contributed by atoms with E-state index in [0.29, 0.717) is 10.4 Å².